The molecule has 5 heteroatoms. The first-order valence-electron chi connectivity index (χ1n) is 5.53. The highest BCUT2D eigenvalue weighted by atomic mass is 19.1. The second-order valence-corrected chi connectivity index (χ2v) is 4.13. The van der Waals surface area contributed by atoms with Gasteiger partial charge < -0.3 is 0 Å². The van der Waals surface area contributed by atoms with E-state index in [0.29, 0.717) is 6.29 Å². The number of aryl methyl sites for hydroxylation is 1. The maximum atomic E-state index is 13.8. The zero-order valence-electron chi connectivity index (χ0n) is 10.1. The Morgan fingerprint density at radius 1 is 1.16 bits per heavy atom. The summed E-state index contributed by atoms with van der Waals surface area (Å²) in [7, 11) is 0. The number of hydrogen-bond donors (Lipinski definition) is 0. The van der Waals surface area contributed by atoms with Crippen LogP contribution < -0.4 is 0 Å². The minimum absolute atomic E-state index is 0.157. The Balaban J connectivity index is 2.71. The quantitative estimate of drug-likeness (QED) is 0.481. The van der Waals surface area contributed by atoms with Crippen LogP contribution in [0.4, 0.5) is 10.1 Å². The summed E-state index contributed by atoms with van der Waals surface area (Å²) in [6.07, 6.45) is 0.517. The number of halogens is 1. The van der Waals surface area contributed by atoms with Crippen LogP contribution in [0.3, 0.4) is 0 Å². The van der Waals surface area contributed by atoms with Crippen molar-refractivity contribution in [3.63, 3.8) is 0 Å². The largest absolute Gasteiger partial charge is 0.298 e. The Morgan fingerprint density at radius 3 is 2.53 bits per heavy atom. The molecule has 0 heterocycles. The van der Waals surface area contributed by atoms with Crippen molar-refractivity contribution in [2.45, 2.75) is 6.92 Å². The van der Waals surface area contributed by atoms with Crippen LogP contribution in [-0.2, 0) is 0 Å². The van der Waals surface area contributed by atoms with E-state index in [2.05, 4.69) is 0 Å². The van der Waals surface area contributed by atoms with Crippen molar-refractivity contribution in [3.8, 4) is 11.1 Å². The van der Waals surface area contributed by atoms with Gasteiger partial charge in [0.15, 0.2) is 0 Å². The van der Waals surface area contributed by atoms with Gasteiger partial charge in [-0.25, -0.2) is 4.39 Å². The molecule has 19 heavy (non-hydrogen) atoms. The Kier molecular flexibility index (Phi) is 3.37. The molecule has 0 fully saturated rings. The van der Waals surface area contributed by atoms with Gasteiger partial charge in [-0.3, -0.25) is 14.9 Å². The van der Waals surface area contributed by atoms with Crippen LogP contribution in [0.5, 0.6) is 0 Å². The zero-order valence-corrected chi connectivity index (χ0v) is 10.1. The molecule has 0 radical (unpaired) electrons. The molecule has 2 aromatic rings. The molecule has 0 amide bonds. The second kappa shape index (κ2) is 4.97. The summed E-state index contributed by atoms with van der Waals surface area (Å²) < 4.78 is 13.8. The van der Waals surface area contributed by atoms with E-state index in [9.17, 15) is 19.3 Å². The normalized spacial score (nSPS) is 10.2. The third-order valence-electron chi connectivity index (χ3n) is 2.77. The highest BCUT2D eigenvalue weighted by molar-refractivity contribution is 5.82. The van der Waals surface area contributed by atoms with Gasteiger partial charge in [0.2, 0.25) is 0 Å². The zero-order chi connectivity index (χ0) is 14.0. The number of carbonyl (C=O) groups excluding carboxylic acids is 1. The van der Waals surface area contributed by atoms with Crippen molar-refractivity contribution in [3.05, 3.63) is 63.5 Å². The molecule has 0 saturated carbocycles. The molecular formula is C14H10FNO3. The van der Waals surface area contributed by atoms with Crippen molar-refractivity contribution in [2.75, 3.05) is 0 Å². The van der Waals surface area contributed by atoms with Crippen LogP contribution in [0.2, 0.25) is 0 Å². The van der Waals surface area contributed by atoms with Crippen LogP contribution in [0.1, 0.15) is 15.9 Å². The molecule has 0 N–H and O–H groups in total. The summed E-state index contributed by atoms with van der Waals surface area (Å²) in [4.78, 5) is 21.1. The highest BCUT2D eigenvalue weighted by Gasteiger charge is 2.18. The molecule has 2 aromatic carbocycles. The fourth-order valence-corrected chi connectivity index (χ4v) is 1.85. The lowest BCUT2D eigenvalue weighted by molar-refractivity contribution is -0.384. The van der Waals surface area contributed by atoms with Gasteiger partial charge in [0.05, 0.1) is 10.5 Å². The van der Waals surface area contributed by atoms with Gasteiger partial charge >= 0.3 is 0 Å². The third-order valence-corrected chi connectivity index (χ3v) is 2.77. The SMILES string of the molecule is Cc1ccc(F)c(-c2ccc(C=O)cc2[N+](=O)[O-])c1. The first kappa shape index (κ1) is 12.9. The van der Waals surface area contributed by atoms with Crippen LogP contribution in [0, 0.1) is 22.9 Å². The first-order valence-corrected chi connectivity index (χ1v) is 5.53. The molecule has 0 aromatic heterocycles. The van der Waals surface area contributed by atoms with Gasteiger partial charge in [-0.05, 0) is 25.1 Å². The molecule has 2 rings (SSSR count). The number of carbonyl (C=O) groups is 1. The maximum Gasteiger partial charge on any atom is 0.278 e. The van der Waals surface area contributed by atoms with Crippen LogP contribution in [0.25, 0.3) is 11.1 Å². The van der Waals surface area contributed by atoms with E-state index in [0.717, 1.165) is 11.6 Å². The fraction of sp³-hybridized carbons (Fsp3) is 0.0714. The summed E-state index contributed by atoms with van der Waals surface area (Å²) in [5.74, 6) is -0.535. The smallest absolute Gasteiger partial charge is 0.278 e. The van der Waals surface area contributed by atoms with E-state index in [4.69, 9.17) is 0 Å². The molecule has 0 aliphatic carbocycles. The number of nitro groups is 1. The number of benzene rings is 2. The molecule has 96 valence electrons. The average Bonchev–Trinajstić information content (AvgIpc) is 2.40. The summed E-state index contributed by atoms with van der Waals surface area (Å²) in [6.45, 7) is 1.77. The van der Waals surface area contributed by atoms with Crippen molar-refractivity contribution < 1.29 is 14.1 Å². The second-order valence-electron chi connectivity index (χ2n) is 4.13. The van der Waals surface area contributed by atoms with Gasteiger partial charge in [0, 0.05) is 17.2 Å². The fourth-order valence-electron chi connectivity index (χ4n) is 1.85. The number of hydrogen-bond acceptors (Lipinski definition) is 3. The van der Waals surface area contributed by atoms with Gasteiger partial charge in [-0.2, -0.15) is 0 Å². The van der Waals surface area contributed by atoms with E-state index < -0.39 is 10.7 Å². The maximum absolute atomic E-state index is 13.8. The first-order chi connectivity index (χ1) is 9.02. The molecule has 4 nitrogen and oxygen atoms in total. The minimum atomic E-state index is -0.621. The van der Waals surface area contributed by atoms with E-state index in [1.165, 1.54) is 24.3 Å². The molecule has 0 aliphatic rings. The Bertz CT molecular complexity index is 668. The predicted molar refractivity (Wildman–Crippen MR) is 68.6 cm³/mol. The predicted octanol–water partition coefficient (Wildman–Crippen LogP) is 3.52. The Labute approximate surface area is 108 Å². The standard InChI is InChI=1S/C14H10FNO3/c1-9-2-5-13(15)12(6-9)11-4-3-10(8-17)7-14(11)16(18)19/h2-8H,1H3. The van der Waals surface area contributed by atoms with Crippen molar-refractivity contribution in [1.29, 1.82) is 0 Å². The lowest BCUT2D eigenvalue weighted by Gasteiger charge is -2.06. The van der Waals surface area contributed by atoms with E-state index in [-0.39, 0.29) is 22.4 Å². The van der Waals surface area contributed by atoms with Crippen molar-refractivity contribution in [2.24, 2.45) is 0 Å². The van der Waals surface area contributed by atoms with Crippen molar-refractivity contribution in [1.82, 2.24) is 0 Å². The summed E-state index contributed by atoms with van der Waals surface area (Å²) in [6, 6.07) is 8.35. The lowest BCUT2D eigenvalue weighted by atomic mass is 10.00. The number of rotatable bonds is 3. The van der Waals surface area contributed by atoms with E-state index >= 15 is 0 Å². The van der Waals surface area contributed by atoms with Gasteiger partial charge in [0.1, 0.15) is 12.1 Å². The number of nitro benzene ring substituents is 1. The van der Waals surface area contributed by atoms with Crippen LogP contribution in [-0.4, -0.2) is 11.2 Å². The highest BCUT2D eigenvalue weighted by Crippen LogP contribution is 2.32. The average molecular weight is 259 g/mol. The van der Waals surface area contributed by atoms with E-state index in [1.807, 2.05) is 0 Å². The third kappa shape index (κ3) is 2.49. The lowest BCUT2D eigenvalue weighted by Crippen LogP contribution is -1.96. The number of aldehydes is 1. The van der Waals surface area contributed by atoms with Crippen LogP contribution >= 0.6 is 0 Å². The van der Waals surface area contributed by atoms with Gasteiger partial charge in [-0.15, -0.1) is 0 Å². The number of nitrogens with zero attached hydrogens (tertiary/aromatic N) is 1. The molecule has 0 bridgehead atoms. The molecule has 0 spiro atoms. The summed E-state index contributed by atoms with van der Waals surface area (Å²) >= 11 is 0. The summed E-state index contributed by atoms with van der Waals surface area (Å²) in [5.41, 5.74) is 1.02. The summed E-state index contributed by atoms with van der Waals surface area (Å²) in [5, 5.41) is 11.0. The topological polar surface area (TPSA) is 60.2 Å². The van der Waals surface area contributed by atoms with Gasteiger partial charge in [-0.1, -0.05) is 17.7 Å². The molecular weight excluding hydrogens is 249 g/mol. The molecule has 0 aliphatic heterocycles. The van der Waals surface area contributed by atoms with Gasteiger partial charge in [0.25, 0.3) is 5.69 Å². The minimum Gasteiger partial charge on any atom is -0.298 e. The molecule has 0 saturated heterocycles. The molecule has 0 unspecified atom stereocenters. The van der Waals surface area contributed by atoms with Crippen LogP contribution in [0.15, 0.2) is 36.4 Å². The van der Waals surface area contributed by atoms with E-state index in [1.54, 1.807) is 13.0 Å². The Hall–Kier alpha value is -2.56. The monoisotopic (exact) mass is 259 g/mol. The van der Waals surface area contributed by atoms with Crippen molar-refractivity contribution >= 4 is 12.0 Å². The Morgan fingerprint density at radius 2 is 1.89 bits per heavy atom. The molecule has 0 atom stereocenters.